The average Bonchev–Trinajstić information content (AvgIpc) is 2.55. The molecular formula is C8H9N3OS. The van der Waals surface area contributed by atoms with Gasteiger partial charge in [-0.3, -0.25) is 4.79 Å². The van der Waals surface area contributed by atoms with Crippen LogP contribution < -0.4 is 11.3 Å². The van der Waals surface area contributed by atoms with E-state index in [-0.39, 0.29) is 5.56 Å². The smallest absolute Gasteiger partial charge is 0.261 e. The molecule has 0 saturated carbocycles. The number of hydrogen-bond donors (Lipinski definition) is 1. The quantitative estimate of drug-likeness (QED) is 0.718. The van der Waals surface area contributed by atoms with Gasteiger partial charge in [-0.05, 0) is 6.07 Å². The lowest BCUT2D eigenvalue weighted by atomic mass is 10.3. The third kappa shape index (κ3) is 1.26. The van der Waals surface area contributed by atoms with Crippen LogP contribution in [0.3, 0.4) is 0 Å². The lowest BCUT2D eigenvalue weighted by Crippen LogP contribution is -2.15. The van der Waals surface area contributed by atoms with E-state index in [0.717, 1.165) is 9.71 Å². The van der Waals surface area contributed by atoms with Crippen molar-refractivity contribution in [3.05, 3.63) is 27.6 Å². The number of fused-ring (bicyclic) bond motifs is 1. The minimum absolute atomic E-state index is 0.0130. The van der Waals surface area contributed by atoms with Crippen LogP contribution in [0.2, 0.25) is 0 Å². The summed E-state index contributed by atoms with van der Waals surface area (Å²) in [5.74, 6) is 0. The van der Waals surface area contributed by atoms with Crippen LogP contribution in [0.1, 0.15) is 4.88 Å². The third-order valence-electron chi connectivity index (χ3n) is 1.86. The fourth-order valence-electron chi connectivity index (χ4n) is 1.16. The van der Waals surface area contributed by atoms with Gasteiger partial charge in [0.05, 0.1) is 11.7 Å². The first kappa shape index (κ1) is 8.40. The highest BCUT2D eigenvalue weighted by molar-refractivity contribution is 7.18. The molecule has 0 aliphatic rings. The molecule has 0 unspecified atom stereocenters. The number of rotatable bonds is 1. The van der Waals surface area contributed by atoms with Crippen LogP contribution in [0.4, 0.5) is 0 Å². The SMILES string of the molecule is Cn1cnc2sc(CN)cc2c1=O. The Labute approximate surface area is 78.6 Å². The minimum atomic E-state index is -0.0130. The van der Waals surface area contributed by atoms with Crippen molar-refractivity contribution in [3.8, 4) is 0 Å². The molecule has 2 heterocycles. The zero-order valence-electron chi connectivity index (χ0n) is 7.15. The lowest BCUT2D eigenvalue weighted by molar-refractivity contribution is 0.844. The van der Waals surface area contributed by atoms with Crippen LogP contribution in [0, 0.1) is 0 Å². The molecule has 0 saturated heterocycles. The van der Waals surface area contributed by atoms with Crippen LogP contribution in [-0.2, 0) is 13.6 Å². The topological polar surface area (TPSA) is 60.9 Å². The molecule has 5 heteroatoms. The van der Waals surface area contributed by atoms with Gasteiger partial charge >= 0.3 is 0 Å². The zero-order chi connectivity index (χ0) is 9.42. The largest absolute Gasteiger partial charge is 0.326 e. The summed E-state index contributed by atoms with van der Waals surface area (Å²) in [5, 5.41) is 0.662. The maximum absolute atomic E-state index is 11.5. The van der Waals surface area contributed by atoms with Crippen LogP contribution >= 0.6 is 11.3 Å². The van der Waals surface area contributed by atoms with Gasteiger partial charge in [0, 0.05) is 18.5 Å². The van der Waals surface area contributed by atoms with E-state index >= 15 is 0 Å². The van der Waals surface area contributed by atoms with Gasteiger partial charge in [-0.15, -0.1) is 11.3 Å². The van der Waals surface area contributed by atoms with Crippen molar-refractivity contribution in [2.45, 2.75) is 6.54 Å². The van der Waals surface area contributed by atoms with Gasteiger partial charge in [0.15, 0.2) is 0 Å². The number of nitrogens with zero attached hydrogens (tertiary/aromatic N) is 2. The second kappa shape index (κ2) is 2.93. The zero-order valence-corrected chi connectivity index (χ0v) is 7.97. The van der Waals surface area contributed by atoms with E-state index in [2.05, 4.69) is 4.98 Å². The monoisotopic (exact) mass is 195 g/mol. The van der Waals surface area contributed by atoms with Gasteiger partial charge in [-0.2, -0.15) is 0 Å². The van der Waals surface area contributed by atoms with Crippen molar-refractivity contribution in [1.82, 2.24) is 9.55 Å². The van der Waals surface area contributed by atoms with Crippen LogP contribution in [0.15, 0.2) is 17.2 Å². The van der Waals surface area contributed by atoms with E-state index < -0.39 is 0 Å². The molecule has 2 aromatic heterocycles. The molecule has 2 N–H and O–H groups in total. The molecule has 4 nitrogen and oxygen atoms in total. The second-order valence-corrected chi connectivity index (χ2v) is 3.91. The predicted molar refractivity (Wildman–Crippen MR) is 52.8 cm³/mol. The Bertz CT molecular complexity index is 500. The summed E-state index contributed by atoms with van der Waals surface area (Å²) in [7, 11) is 1.69. The van der Waals surface area contributed by atoms with Gasteiger partial charge in [0.25, 0.3) is 5.56 Å². The van der Waals surface area contributed by atoms with Crippen molar-refractivity contribution in [1.29, 1.82) is 0 Å². The summed E-state index contributed by atoms with van der Waals surface area (Å²) in [6.45, 7) is 0.462. The molecule has 0 fully saturated rings. The normalized spacial score (nSPS) is 10.9. The van der Waals surface area contributed by atoms with Crippen LogP contribution in [-0.4, -0.2) is 9.55 Å². The van der Waals surface area contributed by atoms with Crippen molar-refractivity contribution in [2.24, 2.45) is 12.8 Å². The maximum Gasteiger partial charge on any atom is 0.261 e. The maximum atomic E-state index is 11.5. The predicted octanol–water partition coefficient (Wildman–Crippen LogP) is 0.454. The van der Waals surface area contributed by atoms with E-state index in [1.165, 1.54) is 22.2 Å². The summed E-state index contributed by atoms with van der Waals surface area (Å²) in [6.07, 6.45) is 1.53. The molecule has 2 rings (SSSR count). The number of aromatic nitrogens is 2. The first-order chi connectivity index (χ1) is 6.22. The van der Waals surface area contributed by atoms with Gasteiger partial charge in [-0.25, -0.2) is 4.98 Å². The fraction of sp³-hybridized carbons (Fsp3) is 0.250. The first-order valence-corrected chi connectivity index (χ1v) is 4.68. The molecule has 13 heavy (non-hydrogen) atoms. The van der Waals surface area contributed by atoms with E-state index in [1.807, 2.05) is 6.07 Å². The molecule has 0 radical (unpaired) electrons. The van der Waals surface area contributed by atoms with Crippen molar-refractivity contribution < 1.29 is 0 Å². The van der Waals surface area contributed by atoms with Gasteiger partial charge in [-0.1, -0.05) is 0 Å². The molecule has 0 amide bonds. The van der Waals surface area contributed by atoms with Crippen LogP contribution in [0.25, 0.3) is 10.2 Å². The molecule has 0 aromatic carbocycles. The highest BCUT2D eigenvalue weighted by atomic mass is 32.1. The molecule has 0 aliphatic heterocycles. The number of hydrogen-bond acceptors (Lipinski definition) is 4. The average molecular weight is 195 g/mol. The Hall–Kier alpha value is -1.20. The minimum Gasteiger partial charge on any atom is -0.326 e. The summed E-state index contributed by atoms with van der Waals surface area (Å²) in [6, 6.07) is 1.81. The van der Waals surface area contributed by atoms with Gasteiger partial charge in [0.2, 0.25) is 0 Å². The number of aryl methyl sites for hydroxylation is 1. The number of thiophene rings is 1. The summed E-state index contributed by atoms with van der Waals surface area (Å²) >= 11 is 1.47. The van der Waals surface area contributed by atoms with E-state index in [4.69, 9.17) is 5.73 Å². The first-order valence-electron chi connectivity index (χ1n) is 3.86. The Balaban J connectivity index is 2.84. The Morgan fingerprint density at radius 2 is 2.46 bits per heavy atom. The molecular weight excluding hydrogens is 186 g/mol. The molecule has 0 atom stereocenters. The van der Waals surface area contributed by atoms with Gasteiger partial charge in [0.1, 0.15) is 4.83 Å². The van der Waals surface area contributed by atoms with E-state index in [9.17, 15) is 4.79 Å². The van der Waals surface area contributed by atoms with Crippen molar-refractivity contribution >= 4 is 21.6 Å². The third-order valence-corrected chi connectivity index (χ3v) is 2.93. The molecule has 0 aliphatic carbocycles. The molecule has 68 valence electrons. The standard InChI is InChI=1S/C8H9N3OS/c1-11-4-10-7-6(8(11)12)2-5(3-9)13-7/h2,4H,3,9H2,1H3. The Kier molecular flexibility index (Phi) is 1.90. The van der Waals surface area contributed by atoms with E-state index in [1.54, 1.807) is 7.05 Å². The highest BCUT2D eigenvalue weighted by Crippen LogP contribution is 2.19. The fourth-order valence-corrected chi connectivity index (χ4v) is 2.03. The Morgan fingerprint density at radius 3 is 3.15 bits per heavy atom. The highest BCUT2D eigenvalue weighted by Gasteiger charge is 2.05. The molecule has 2 aromatic rings. The summed E-state index contributed by atoms with van der Waals surface area (Å²) < 4.78 is 1.47. The lowest BCUT2D eigenvalue weighted by Gasteiger charge is -1.93. The van der Waals surface area contributed by atoms with Crippen molar-refractivity contribution in [3.63, 3.8) is 0 Å². The molecule has 0 spiro atoms. The van der Waals surface area contributed by atoms with Crippen LogP contribution in [0.5, 0.6) is 0 Å². The number of nitrogens with two attached hydrogens (primary N) is 1. The molecule has 0 bridgehead atoms. The van der Waals surface area contributed by atoms with Crippen molar-refractivity contribution in [2.75, 3.05) is 0 Å². The van der Waals surface area contributed by atoms with Gasteiger partial charge < -0.3 is 10.3 Å². The Morgan fingerprint density at radius 1 is 1.69 bits per heavy atom. The summed E-state index contributed by atoms with van der Waals surface area (Å²) in [5.41, 5.74) is 5.46. The van der Waals surface area contributed by atoms with E-state index in [0.29, 0.717) is 11.9 Å². The second-order valence-electron chi connectivity index (χ2n) is 2.80. The summed E-state index contributed by atoms with van der Waals surface area (Å²) in [4.78, 5) is 17.4.